The molecule has 0 saturated carbocycles. The third-order valence-corrected chi connectivity index (χ3v) is 6.01. The van der Waals surface area contributed by atoms with E-state index in [1.165, 1.54) is 23.9 Å². The summed E-state index contributed by atoms with van der Waals surface area (Å²) in [5.74, 6) is -0.0512. The topological polar surface area (TPSA) is 70.8 Å². The Labute approximate surface area is 183 Å². The average molecular weight is 436 g/mol. The zero-order valence-corrected chi connectivity index (χ0v) is 17.8. The molecule has 2 aromatic carbocycles. The number of anilines is 1. The van der Waals surface area contributed by atoms with Crippen LogP contribution < -0.4 is 4.90 Å². The average Bonchev–Trinajstić information content (AvgIpc) is 3.28. The maximum atomic E-state index is 13.0. The second-order valence-corrected chi connectivity index (χ2v) is 8.57. The molecule has 1 saturated heterocycles. The predicted octanol–water partition coefficient (Wildman–Crippen LogP) is 5.67. The van der Waals surface area contributed by atoms with Gasteiger partial charge in [-0.2, -0.15) is 0 Å². The molecular formula is C23H17NO4S2. The van der Waals surface area contributed by atoms with Crippen LogP contribution in [0.4, 0.5) is 5.69 Å². The first kappa shape index (κ1) is 20.1. The van der Waals surface area contributed by atoms with Crippen molar-refractivity contribution in [1.82, 2.24) is 0 Å². The van der Waals surface area contributed by atoms with Gasteiger partial charge >= 0.3 is 5.97 Å². The van der Waals surface area contributed by atoms with Crippen LogP contribution in [-0.4, -0.2) is 21.3 Å². The SMILES string of the molecule is Cc1ccc(N2C(=O)C(=Cc3ccc(-c4ccc(C(=O)O)cc4)o3)SC2=S)c(C)c1. The van der Waals surface area contributed by atoms with Crippen molar-refractivity contribution >= 4 is 51.9 Å². The van der Waals surface area contributed by atoms with E-state index in [4.69, 9.17) is 21.7 Å². The first-order valence-electron chi connectivity index (χ1n) is 9.12. The third-order valence-electron chi connectivity index (χ3n) is 4.70. The molecule has 1 aliphatic heterocycles. The second kappa shape index (κ2) is 7.93. The summed E-state index contributed by atoms with van der Waals surface area (Å²) in [6, 6.07) is 15.9. The van der Waals surface area contributed by atoms with Crippen LogP contribution >= 0.6 is 24.0 Å². The fraction of sp³-hybridized carbons (Fsp3) is 0.0870. The van der Waals surface area contributed by atoms with Gasteiger partial charge in [-0.05, 0) is 49.7 Å². The van der Waals surface area contributed by atoms with E-state index >= 15 is 0 Å². The van der Waals surface area contributed by atoms with Crippen LogP contribution in [0.25, 0.3) is 17.4 Å². The molecule has 1 N–H and O–H groups in total. The van der Waals surface area contributed by atoms with Gasteiger partial charge in [0, 0.05) is 11.6 Å². The third kappa shape index (κ3) is 3.81. The maximum Gasteiger partial charge on any atom is 0.335 e. The van der Waals surface area contributed by atoms with E-state index in [-0.39, 0.29) is 11.5 Å². The highest BCUT2D eigenvalue weighted by Gasteiger charge is 2.34. The van der Waals surface area contributed by atoms with Gasteiger partial charge < -0.3 is 9.52 Å². The molecule has 0 radical (unpaired) electrons. The number of nitrogens with zero attached hydrogens (tertiary/aromatic N) is 1. The second-order valence-electron chi connectivity index (χ2n) is 6.89. The molecule has 0 atom stereocenters. The van der Waals surface area contributed by atoms with Crippen LogP contribution in [0.3, 0.4) is 0 Å². The number of hydrogen-bond donors (Lipinski definition) is 1. The number of hydrogen-bond acceptors (Lipinski definition) is 5. The Kier molecular flexibility index (Phi) is 5.32. The lowest BCUT2D eigenvalue weighted by molar-refractivity contribution is -0.113. The molecule has 0 aliphatic carbocycles. The van der Waals surface area contributed by atoms with Crippen molar-refractivity contribution in [3.05, 3.63) is 82.0 Å². The number of thioether (sulfide) groups is 1. The zero-order valence-electron chi connectivity index (χ0n) is 16.2. The first-order valence-corrected chi connectivity index (χ1v) is 10.3. The van der Waals surface area contributed by atoms with E-state index in [0.29, 0.717) is 20.7 Å². The number of carbonyl (C=O) groups excluding carboxylic acids is 1. The fourth-order valence-corrected chi connectivity index (χ4v) is 4.49. The summed E-state index contributed by atoms with van der Waals surface area (Å²) in [6.07, 6.45) is 1.68. The molecule has 4 rings (SSSR count). The minimum Gasteiger partial charge on any atom is -0.478 e. The molecule has 0 unspecified atom stereocenters. The quantitative estimate of drug-likeness (QED) is 0.421. The van der Waals surface area contributed by atoms with Gasteiger partial charge in [0.1, 0.15) is 11.5 Å². The lowest BCUT2D eigenvalue weighted by atomic mass is 10.1. The van der Waals surface area contributed by atoms with Crippen molar-refractivity contribution in [2.45, 2.75) is 13.8 Å². The number of amides is 1. The van der Waals surface area contributed by atoms with E-state index in [1.54, 1.807) is 35.2 Å². The molecule has 7 heteroatoms. The predicted molar refractivity (Wildman–Crippen MR) is 123 cm³/mol. The summed E-state index contributed by atoms with van der Waals surface area (Å²) in [4.78, 5) is 26.0. The number of carboxylic acids is 1. The molecule has 2 heterocycles. The number of carboxylic acid groups (broad SMARTS) is 1. The van der Waals surface area contributed by atoms with Gasteiger partial charge in [-0.25, -0.2) is 4.79 Å². The molecule has 0 spiro atoms. The first-order chi connectivity index (χ1) is 14.3. The Hall–Kier alpha value is -3.16. The number of rotatable bonds is 4. The fourth-order valence-electron chi connectivity index (χ4n) is 3.22. The smallest absolute Gasteiger partial charge is 0.335 e. The highest BCUT2D eigenvalue weighted by Crippen LogP contribution is 2.38. The van der Waals surface area contributed by atoms with Crippen molar-refractivity contribution in [1.29, 1.82) is 0 Å². The van der Waals surface area contributed by atoms with Crippen LogP contribution in [0.2, 0.25) is 0 Å². The van der Waals surface area contributed by atoms with Crippen LogP contribution in [0.1, 0.15) is 27.2 Å². The van der Waals surface area contributed by atoms with E-state index in [0.717, 1.165) is 22.4 Å². The van der Waals surface area contributed by atoms with E-state index < -0.39 is 5.97 Å². The normalized spacial score (nSPS) is 15.3. The monoisotopic (exact) mass is 435 g/mol. The van der Waals surface area contributed by atoms with Crippen molar-refractivity contribution in [2.75, 3.05) is 4.90 Å². The Morgan fingerprint density at radius 3 is 2.50 bits per heavy atom. The number of aryl methyl sites for hydroxylation is 2. The summed E-state index contributed by atoms with van der Waals surface area (Å²) in [5.41, 5.74) is 3.85. The van der Waals surface area contributed by atoms with Crippen molar-refractivity contribution in [3.8, 4) is 11.3 Å². The molecule has 150 valence electrons. The molecule has 1 amide bonds. The largest absolute Gasteiger partial charge is 0.478 e. The Balaban J connectivity index is 1.59. The number of benzene rings is 2. The standard InChI is InChI=1S/C23H17NO4S2/c1-13-3-9-18(14(2)11-13)24-21(25)20(30-23(24)29)12-17-8-10-19(28-17)15-4-6-16(7-5-15)22(26)27/h3-12H,1-2H3,(H,26,27). The van der Waals surface area contributed by atoms with E-state index in [9.17, 15) is 9.59 Å². The Bertz CT molecular complexity index is 1210. The summed E-state index contributed by atoms with van der Waals surface area (Å²) in [6.45, 7) is 3.96. The van der Waals surface area contributed by atoms with Crippen LogP contribution in [0.5, 0.6) is 0 Å². The van der Waals surface area contributed by atoms with Gasteiger partial charge in [0.2, 0.25) is 0 Å². The number of furan rings is 1. The summed E-state index contributed by atoms with van der Waals surface area (Å²) < 4.78 is 6.33. The van der Waals surface area contributed by atoms with Crippen LogP contribution in [-0.2, 0) is 4.79 Å². The highest BCUT2D eigenvalue weighted by molar-refractivity contribution is 8.27. The Morgan fingerprint density at radius 2 is 1.83 bits per heavy atom. The molecule has 30 heavy (non-hydrogen) atoms. The van der Waals surface area contributed by atoms with Crippen molar-refractivity contribution in [3.63, 3.8) is 0 Å². The van der Waals surface area contributed by atoms with Crippen LogP contribution in [0.15, 0.2) is 63.9 Å². The van der Waals surface area contributed by atoms with Gasteiger partial charge in [0.05, 0.1) is 16.2 Å². The lowest BCUT2D eigenvalue weighted by Gasteiger charge is -2.17. The molecule has 1 aromatic heterocycles. The lowest BCUT2D eigenvalue weighted by Crippen LogP contribution is -2.28. The number of thiocarbonyl (C=S) groups is 1. The molecule has 5 nitrogen and oxygen atoms in total. The number of aromatic carboxylic acids is 1. The van der Waals surface area contributed by atoms with Gasteiger partial charge in [-0.15, -0.1) is 0 Å². The van der Waals surface area contributed by atoms with Crippen LogP contribution in [0, 0.1) is 13.8 Å². The van der Waals surface area contributed by atoms with Gasteiger partial charge in [0.25, 0.3) is 5.91 Å². The zero-order chi connectivity index (χ0) is 21.4. The van der Waals surface area contributed by atoms with Gasteiger partial charge in [-0.3, -0.25) is 9.69 Å². The van der Waals surface area contributed by atoms with Gasteiger partial charge in [0.15, 0.2) is 4.32 Å². The summed E-state index contributed by atoms with van der Waals surface area (Å²) in [5, 5.41) is 9.01. The number of carbonyl (C=O) groups is 2. The molecule has 3 aromatic rings. The maximum absolute atomic E-state index is 13.0. The molecular weight excluding hydrogens is 418 g/mol. The van der Waals surface area contributed by atoms with Crippen molar-refractivity contribution < 1.29 is 19.1 Å². The molecule has 0 bridgehead atoms. The summed E-state index contributed by atoms with van der Waals surface area (Å²) >= 11 is 6.69. The van der Waals surface area contributed by atoms with Gasteiger partial charge in [-0.1, -0.05) is 53.8 Å². The van der Waals surface area contributed by atoms with E-state index in [2.05, 4.69) is 0 Å². The minimum atomic E-state index is -0.979. The highest BCUT2D eigenvalue weighted by atomic mass is 32.2. The molecule has 1 fully saturated rings. The Morgan fingerprint density at radius 1 is 1.10 bits per heavy atom. The summed E-state index contributed by atoms with van der Waals surface area (Å²) in [7, 11) is 0. The van der Waals surface area contributed by atoms with E-state index in [1.807, 2.05) is 32.0 Å². The minimum absolute atomic E-state index is 0.180. The molecule has 1 aliphatic rings. The van der Waals surface area contributed by atoms with Crippen molar-refractivity contribution in [2.24, 2.45) is 0 Å².